The third-order valence-electron chi connectivity index (χ3n) is 2.50. The van der Waals surface area contributed by atoms with E-state index in [0.29, 0.717) is 12.8 Å². The number of carboxylic acid groups (broad SMARTS) is 1. The van der Waals surface area contributed by atoms with Gasteiger partial charge in [-0.2, -0.15) is 0 Å². The molecule has 0 aromatic carbocycles. The average Bonchev–Trinajstić information content (AvgIpc) is 2.77. The van der Waals surface area contributed by atoms with Crippen molar-refractivity contribution in [2.24, 2.45) is 0 Å². The van der Waals surface area contributed by atoms with E-state index >= 15 is 0 Å². The van der Waals surface area contributed by atoms with Crippen molar-refractivity contribution in [1.29, 1.82) is 0 Å². The molecule has 1 fully saturated rings. The maximum atomic E-state index is 11.6. The molecule has 1 saturated heterocycles. The molecule has 96 valence electrons. The number of hydrogen-bond acceptors (Lipinski definition) is 5. The lowest BCUT2D eigenvalue weighted by Gasteiger charge is -2.15. The fraction of sp³-hybridized carbons (Fsp3) is 0.700. The van der Waals surface area contributed by atoms with Gasteiger partial charge in [-0.1, -0.05) is 0 Å². The van der Waals surface area contributed by atoms with Gasteiger partial charge < -0.3 is 19.9 Å². The van der Waals surface area contributed by atoms with Crippen LogP contribution >= 0.6 is 0 Å². The maximum Gasteiger partial charge on any atom is 0.332 e. The minimum absolute atomic E-state index is 0.292. The van der Waals surface area contributed by atoms with Crippen molar-refractivity contribution in [2.45, 2.75) is 38.0 Å². The van der Waals surface area contributed by atoms with E-state index in [0.717, 1.165) is 0 Å². The van der Waals surface area contributed by atoms with Crippen LogP contribution in [0.15, 0.2) is 0 Å². The summed E-state index contributed by atoms with van der Waals surface area (Å²) >= 11 is 0. The highest BCUT2D eigenvalue weighted by atomic mass is 16.5. The van der Waals surface area contributed by atoms with Crippen LogP contribution in [0.25, 0.3) is 0 Å². The van der Waals surface area contributed by atoms with E-state index in [1.165, 1.54) is 14.0 Å². The smallest absolute Gasteiger partial charge is 0.332 e. The number of ether oxygens (including phenoxy) is 2. The Kier molecular flexibility index (Phi) is 4.45. The maximum absolute atomic E-state index is 11.6. The molecular formula is C10H15NO6. The first-order valence-corrected chi connectivity index (χ1v) is 5.22. The molecule has 3 atom stereocenters. The molecule has 0 bridgehead atoms. The van der Waals surface area contributed by atoms with Gasteiger partial charge in [0.15, 0.2) is 6.10 Å². The Hall–Kier alpha value is -1.63. The molecule has 0 spiro atoms. The summed E-state index contributed by atoms with van der Waals surface area (Å²) in [7, 11) is 1.22. The Labute approximate surface area is 98.1 Å². The van der Waals surface area contributed by atoms with Gasteiger partial charge in [0.1, 0.15) is 12.1 Å². The van der Waals surface area contributed by atoms with E-state index in [9.17, 15) is 14.4 Å². The number of carbonyl (C=O) groups excluding carboxylic acids is 2. The van der Waals surface area contributed by atoms with Crippen molar-refractivity contribution in [3.8, 4) is 0 Å². The molecule has 1 aliphatic rings. The zero-order chi connectivity index (χ0) is 13.0. The van der Waals surface area contributed by atoms with Crippen molar-refractivity contribution < 1.29 is 29.0 Å². The zero-order valence-corrected chi connectivity index (χ0v) is 9.63. The number of nitrogens with one attached hydrogen (secondary N) is 1. The van der Waals surface area contributed by atoms with Crippen molar-refractivity contribution in [1.82, 2.24) is 5.32 Å². The molecule has 7 heteroatoms. The van der Waals surface area contributed by atoms with Gasteiger partial charge in [-0.25, -0.2) is 9.59 Å². The number of amides is 1. The quantitative estimate of drug-likeness (QED) is 0.635. The first kappa shape index (κ1) is 13.4. The molecule has 1 aliphatic heterocycles. The van der Waals surface area contributed by atoms with Crippen LogP contribution in [0.3, 0.4) is 0 Å². The van der Waals surface area contributed by atoms with E-state index in [4.69, 9.17) is 9.84 Å². The summed E-state index contributed by atoms with van der Waals surface area (Å²) in [6.07, 6.45) is -1.14. The van der Waals surface area contributed by atoms with Crippen LogP contribution in [0.2, 0.25) is 0 Å². The van der Waals surface area contributed by atoms with Crippen molar-refractivity contribution in [3.63, 3.8) is 0 Å². The standard InChI is InChI=1S/C10H15NO6/c1-5(10(15)16-2)11-8(12)6-3-4-7(17-6)9(13)14/h5-7H,3-4H2,1-2H3,(H,11,12)(H,13,14)/t5-,6?,7?/m0/s1. The molecule has 1 heterocycles. The second-order valence-corrected chi connectivity index (χ2v) is 3.78. The van der Waals surface area contributed by atoms with Crippen LogP contribution in [-0.2, 0) is 23.9 Å². The van der Waals surface area contributed by atoms with Crippen LogP contribution in [0, 0.1) is 0 Å². The Balaban J connectivity index is 2.45. The van der Waals surface area contributed by atoms with Gasteiger partial charge in [0.2, 0.25) is 5.91 Å². The monoisotopic (exact) mass is 245 g/mol. The Bertz CT molecular complexity index is 329. The predicted octanol–water partition coefficient (Wildman–Crippen LogP) is -0.704. The van der Waals surface area contributed by atoms with E-state index in [1.807, 2.05) is 0 Å². The van der Waals surface area contributed by atoms with Crippen LogP contribution < -0.4 is 5.32 Å². The van der Waals surface area contributed by atoms with E-state index in [-0.39, 0.29) is 0 Å². The van der Waals surface area contributed by atoms with Crippen LogP contribution in [0.5, 0.6) is 0 Å². The topological polar surface area (TPSA) is 102 Å². The Morgan fingerprint density at radius 2 is 1.94 bits per heavy atom. The fourth-order valence-electron chi connectivity index (χ4n) is 1.55. The zero-order valence-electron chi connectivity index (χ0n) is 9.63. The highest BCUT2D eigenvalue weighted by Gasteiger charge is 2.35. The molecule has 0 saturated carbocycles. The molecule has 0 aliphatic carbocycles. The number of rotatable bonds is 4. The summed E-state index contributed by atoms with van der Waals surface area (Å²) in [6.45, 7) is 1.48. The summed E-state index contributed by atoms with van der Waals surface area (Å²) < 4.78 is 9.48. The highest BCUT2D eigenvalue weighted by Crippen LogP contribution is 2.20. The molecule has 2 unspecified atom stereocenters. The molecule has 1 amide bonds. The molecule has 0 radical (unpaired) electrons. The first-order chi connectivity index (χ1) is 7.95. The summed E-state index contributed by atoms with van der Waals surface area (Å²) in [4.78, 5) is 33.3. The van der Waals surface area contributed by atoms with E-state index in [1.54, 1.807) is 0 Å². The molecule has 0 aromatic rings. The van der Waals surface area contributed by atoms with Crippen LogP contribution in [-0.4, -0.2) is 48.3 Å². The number of methoxy groups -OCH3 is 1. The highest BCUT2D eigenvalue weighted by molar-refractivity contribution is 5.87. The normalized spacial score (nSPS) is 25.1. The predicted molar refractivity (Wildman–Crippen MR) is 55.2 cm³/mol. The molecule has 2 N–H and O–H groups in total. The lowest BCUT2D eigenvalue weighted by atomic mass is 10.2. The minimum atomic E-state index is -1.08. The van der Waals surface area contributed by atoms with Crippen LogP contribution in [0.1, 0.15) is 19.8 Å². The van der Waals surface area contributed by atoms with Crippen molar-refractivity contribution in [3.05, 3.63) is 0 Å². The van der Waals surface area contributed by atoms with Gasteiger partial charge >= 0.3 is 11.9 Å². The second kappa shape index (κ2) is 5.62. The molecular weight excluding hydrogens is 230 g/mol. The molecule has 17 heavy (non-hydrogen) atoms. The summed E-state index contributed by atoms with van der Waals surface area (Å²) in [5.41, 5.74) is 0. The van der Waals surface area contributed by atoms with E-state index < -0.39 is 36.1 Å². The summed E-state index contributed by atoms with van der Waals surface area (Å²) in [5, 5.41) is 11.1. The minimum Gasteiger partial charge on any atom is -0.479 e. The van der Waals surface area contributed by atoms with Crippen LogP contribution in [0.4, 0.5) is 0 Å². The van der Waals surface area contributed by atoms with Crippen molar-refractivity contribution in [2.75, 3.05) is 7.11 Å². The molecule has 0 aromatic heterocycles. The Morgan fingerprint density at radius 1 is 1.35 bits per heavy atom. The van der Waals surface area contributed by atoms with Crippen molar-refractivity contribution >= 4 is 17.8 Å². The van der Waals surface area contributed by atoms with E-state index in [2.05, 4.69) is 10.1 Å². The largest absolute Gasteiger partial charge is 0.479 e. The summed E-state index contributed by atoms with van der Waals surface area (Å²) in [5.74, 6) is -2.14. The average molecular weight is 245 g/mol. The van der Waals surface area contributed by atoms with Gasteiger partial charge in [0.05, 0.1) is 7.11 Å². The Morgan fingerprint density at radius 3 is 2.41 bits per heavy atom. The second-order valence-electron chi connectivity index (χ2n) is 3.78. The number of carboxylic acids is 1. The third-order valence-corrected chi connectivity index (χ3v) is 2.50. The third kappa shape index (κ3) is 3.42. The van der Waals surface area contributed by atoms with Gasteiger partial charge in [0.25, 0.3) is 0 Å². The number of esters is 1. The number of hydrogen-bond donors (Lipinski definition) is 2. The van der Waals surface area contributed by atoms with Gasteiger partial charge in [-0.15, -0.1) is 0 Å². The van der Waals surface area contributed by atoms with Gasteiger partial charge in [-0.3, -0.25) is 4.79 Å². The van der Waals surface area contributed by atoms with Gasteiger partial charge in [0, 0.05) is 0 Å². The lowest BCUT2D eigenvalue weighted by Crippen LogP contribution is -2.44. The SMILES string of the molecule is COC(=O)[C@H](C)NC(=O)C1CCC(C(=O)O)O1. The number of aliphatic carboxylic acids is 1. The molecule has 7 nitrogen and oxygen atoms in total. The first-order valence-electron chi connectivity index (χ1n) is 5.22. The molecule has 1 rings (SSSR count). The fourth-order valence-corrected chi connectivity index (χ4v) is 1.55. The summed E-state index contributed by atoms with van der Waals surface area (Å²) in [6, 6.07) is -0.778. The van der Waals surface area contributed by atoms with Gasteiger partial charge in [-0.05, 0) is 19.8 Å². The number of carbonyl (C=O) groups is 3. The lowest BCUT2D eigenvalue weighted by molar-refractivity contribution is -0.153.